The SMILES string of the molecule is COc1ccc(C(=O)NC2CC(=O)N(C3CCCCCC3)C2)o1. The molecule has 2 heterocycles. The lowest BCUT2D eigenvalue weighted by Crippen LogP contribution is -2.40. The van der Waals surface area contributed by atoms with E-state index in [1.54, 1.807) is 12.1 Å². The fraction of sp³-hybridized carbons (Fsp3) is 0.647. The fourth-order valence-corrected chi connectivity index (χ4v) is 3.56. The number of carbonyl (C=O) groups excluding carboxylic acids is 2. The molecule has 1 saturated carbocycles. The van der Waals surface area contributed by atoms with Gasteiger partial charge in [0, 0.05) is 25.1 Å². The lowest BCUT2D eigenvalue weighted by atomic mass is 10.1. The van der Waals surface area contributed by atoms with Crippen LogP contribution in [0.25, 0.3) is 0 Å². The number of carbonyl (C=O) groups is 2. The van der Waals surface area contributed by atoms with Crippen LogP contribution in [0, 0.1) is 0 Å². The molecule has 2 amide bonds. The van der Waals surface area contributed by atoms with E-state index in [0.717, 1.165) is 12.8 Å². The molecule has 1 atom stereocenters. The highest BCUT2D eigenvalue weighted by Gasteiger charge is 2.35. The first-order valence-electron chi connectivity index (χ1n) is 8.41. The molecule has 0 radical (unpaired) electrons. The average molecular weight is 320 g/mol. The molecule has 6 heteroatoms. The van der Waals surface area contributed by atoms with E-state index in [0.29, 0.717) is 25.0 Å². The molecule has 1 aliphatic carbocycles. The van der Waals surface area contributed by atoms with E-state index >= 15 is 0 Å². The van der Waals surface area contributed by atoms with Gasteiger partial charge in [0.25, 0.3) is 11.9 Å². The highest BCUT2D eigenvalue weighted by Crippen LogP contribution is 2.26. The maximum Gasteiger partial charge on any atom is 0.287 e. The second-order valence-electron chi connectivity index (χ2n) is 6.39. The van der Waals surface area contributed by atoms with Crippen LogP contribution < -0.4 is 10.1 Å². The Balaban J connectivity index is 1.57. The Morgan fingerprint density at radius 3 is 2.65 bits per heavy atom. The molecule has 1 unspecified atom stereocenters. The summed E-state index contributed by atoms with van der Waals surface area (Å²) in [5, 5.41) is 2.90. The molecule has 1 saturated heterocycles. The van der Waals surface area contributed by atoms with Crippen molar-refractivity contribution in [3.8, 4) is 5.95 Å². The number of ether oxygens (including phenoxy) is 1. The van der Waals surface area contributed by atoms with Gasteiger partial charge in [-0.1, -0.05) is 25.7 Å². The number of nitrogens with zero attached hydrogens (tertiary/aromatic N) is 1. The van der Waals surface area contributed by atoms with Gasteiger partial charge < -0.3 is 19.4 Å². The Labute approximate surface area is 136 Å². The summed E-state index contributed by atoms with van der Waals surface area (Å²) in [5.74, 6) is 0.369. The third-order valence-corrected chi connectivity index (χ3v) is 4.77. The first-order chi connectivity index (χ1) is 11.2. The molecule has 1 aliphatic heterocycles. The number of amides is 2. The standard InChI is InChI=1S/C17H24N2O4/c1-22-16-9-8-14(23-16)17(21)18-12-10-15(20)19(11-12)13-6-4-2-3-5-7-13/h8-9,12-13H,2-7,10-11H2,1H3,(H,18,21). The predicted octanol–water partition coefficient (Wildman–Crippen LogP) is 2.34. The summed E-state index contributed by atoms with van der Waals surface area (Å²) in [5.41, 5.74) is 0. The Morgan fingerprint density at radius 1 is 1.26 bits per heavy atom. The second kappa shape index (κ2) is 7.06. The Bertz CT molecular complexity index is 561. The van der Waals surface area contributed by atoms with Crippen molar-refractivity contribution < 1.29 is 18.7 Å². The van der Waals surface area contributed by atoms with Crippen LogP contribution in [0.1, 0.15) is 55.5 Å². The van der Waals surface area contributed by atoms with Crippen molar-refractivity contribution in [3.63, 3.8) is 0 Å². The third kappa shape index (κ3) is 3.68. The van der Waals surface area contributed by atoms with Gasteiger partial charge in [0.2, 0.25) is 5.91 Å². The van der Waals surface area contributed by atoms with Gasteiger partial charge in [0.15, 0.2) is 5.76 Å². The summed E-state index contributed by atoms with van der Waals surface area (Å²) in [6.07, 6.45) is 7.46. The molecule has 0 spiro atoms. The zero-order valence-electron chi connectivity index (χ0n) is 13.5. The Kier molecular flexibility index (Phi) is 4.88. The maximum absolute atomic E-state index is 12.3. The van der Waals surface area contributed by atoms with Crippen LogP contribution in [0.2, 0.25) is 0 Å². The van der Waals surface area contributed by atoms with Crippen molar-refractivity contribution in [1.82, 2.24) is 10.2 Å². The summed E-state index contributed by atoms with van der Waals surface area (Å²) < 4.78 is 10.2. The molecule has 6 nitrogen and oxygen atoms in total. The lowest BCUT2D eigenvalue weighted by molar-refractivity contribution is -0.129. The predicted molar refractivity (Wildman–Crippen MR) is 84.3 cm³/mol. The summed E-state index contributed by atoms with van der Waals surface area (Å²) in [6.45, 7) is 0.604. The molecule has 1 N–H and O–H groups in total. The summed E-state index contributed by atoms with van der Waals surface area (Å²) in [4.78, 5) is 26.5. The van der Waals surface area contributed by atoms with E-state index in [1.165, 1.54) is 32.8 Å². The molecule has 126 valence electrons. The Hall–Kier alpha value is -1.98. The number of hydrogen-bond acceptors (Lipinski definition) is 4. The molecular weight excluding hydrogens is 296 g/mol. The van der Waals surface area contributed by atoms with Gasteiger partial charge in [0.1, 0.15) is 0 Å². The van der Waals surface area contributed by atoms with Crippen LogP contribution >= 0.6 is 0 Å². The van der Waals surface area contributed by atoms with Gasteiger partial charge in [-0.05, 0) is 18.9 Å². The van der Waals surface area contributed by atoms with Gasteiger partial charge in [0.05, 0.1) is 13.2 Å². The van der Waals surface area contributed by atoms with Crippen molar-refractivity contribution in [2.24, 2.45) is 0 Å². The van der Waals surface area contributed by atoms with E-state index in [-0.39, 0.29) is 23.6 Å². The molecule has 0 bridgehead atoms. The third-order valence-electron chi connectivity index (χ3n) is 4.77. The molecule has 2 aliphatic rings. The smallest absolute Gasteiger partial charge is 0.287 e. The minimum absolute atomic E-state index is 0.144. The van der Waals surface area contributed by atoms with Crippen LogP contribution in [0.3, 0.4) is 0 Å². The van der Waals surface area contributed by atoms with Gasteiger partial charge in [-0.2, -0.15) is 0 Å². The minimum atomic E-state index is -0.297. The summed E-state index contributed by atoms with van der Waals surface area (Å²) in [6, 6.07) is 3.38. The molecule has 1 aromatic rings. The first-order valence-corrected chi connectivity index (χ1v) is 8.41. The van der Waals surface area contributed by atoms with Crippen LogP contribution in [0.5, 0.6) is 5.95 Å². The monoisotopic (exact) mass is 320 g/mol. The summed E-state index contributed by atoms with van der Waals surface area (Å²) in [7, 11) is 1.49. The molecule has 3 rings (SSSR count). The average Bonchev–Trinajstić information content (AvgIpc) is 3.06. The number of hydrogen-bond donors (Lipinski definition) is 1. The van der Waals surface area contributed by atoms with Gasteiger partial charge in [-0.25, -0.2) is 0 Å². The highest BCUT2D eigenvalue weighted by atomic mass is 16.6. The topological polar surface area (TPSA) is 71.8 Å². The number of rotatable bonds is 4. The number of methoxy groups -OCH3 is 1. The number of nitrogens with one attached hydrogen (secondary N) is 1. The van der Waals surface area contributed by atoms with Crippen LogP contribution in [-0.4, -0.2) is 42.5 Å². The molecule has 1 aromatic heterocycles. The lowest BCUT2D eigenvalue weighted by Gasteiger charge is -2.27. The van der Waals surface area contributed by atoms with E-state index in [4.69, 9.17) is 9.15 Å². The van der Waals surface area contributed by atoms with E-state index in [1.807, 2.05) is 4.90 Å². The van der Waals surface area contributed by atoms with Crippen LogP contribution in [-0.2, 0) is 4.79 Å². The molecular formula is C17H24N2O4. The number of likely N-dealkylation sites (tertiary alicyclic amines) is 1. The first kappa shape index (κ1) is 15.9. The zero-order chi connectivity index (χ0) is 16.2. The largest absolute Gasteiger partial charge is 0.468 e. The van der Waals surface area contributed by atoms with Gasteiger partial charge in [-0.3, -0.25) is 9.59 Å². The van der Waals surface area contributed by atoms with Crippen molar-refractivity contribution >= 4 is 11.8 Å². The maximum atomic E-state index is 12.3. The Morgan fingerprint density at radius 2 is 2.00 bits per heavy atom. The normalized spacial score (nSPS) is 22.9. The van der Waals surface area contributed by atoms with E-state index in [9.17, 15) is 9.59 Å². The van der Waals surface area contributed by atoms with Gasteiger partial charge in [-0.15, -0.1) is 0 Å². The summed E-state index contributed by atoms with van der Waals surface area (Å²) >= 11 is 0. The zero-order valence-corrected chi connectivity index (χ0v) is 13.5. The quantitative estimate of drug-likeness (QED) is 0.864. The highest BCUT2D eigenvalue weighted by molar-refractivity contribution is 5.92. The molecule has 23 heavy (non-hydrogen) atoms. The molecule has 2 fully saturated rings. The van der Waals surface area contributed by atoms with Crippen molar-refractivity contribution in [2.45, 2.75) is 57.0 Å². The minimum Gasteiger partial charge on any atom is -0.468 e. The fourth-order valence-electron chi connectivity index (χ4n) is 3.56. The van der Waals surface area contributed by atoms with Crippen LogP contribution in [0.15, 0.2) is 16.5 Å². The van der Waals surface area contributed by atoms with Crippen molar-refractivity contribution in [2.75, 3.05) is 13.7 Å². The van der Waals surface area contributed by atoms with E-state index in [2.05, 4.69) is 5.32 Å². The van der Waals surface area contributed by atoms with Crippen LogP contribution in [0.4, 0.5) is 0 Å². The van der Waals surface area contributed by atoms with Crippen molar-refractivity contribution in [3.05, 3.63) is 17.9 Å². The van der Waals surface area contributed by atoms with Crippen molar-refractivity contribution in [1.29, 1.82) is 0 Å². The number of furan rings is 1. The van der Waals surface area contributed by atoms with Gasteiger partial charge >= 0.3 is 0 Å². The second-order valence-corrected chi connectivity index (χ2v) is 6.39. The van der Waals surface area contributed by atoms with E-state index < -0.39 is 0 Å². The molecule has 0 aromatic carbocycles.